The Kier molecular flexibility index (Phi) is 6.58. The standard InChI is InChI=1S/C24H31N5O3/c1-16(30)29-11-5-4-9-21(29)24-26-20-10-12-28(15-19(20)23(25-2)27-24)22(31)14-17-7-6-8-18(13-17)32-3/h6-8,13,21H,4-5,9-12,14-15H2,1-3H3,(H,25,26,27)/t21-/m0/s1. The Morgan fingerprint density at radius 3 is 2.81 bits per heavy atom. The summed E-state index contributed by atoms with van der Waals surface area (Å²) in [6, 6.07) is 7.54. The Bertz CT molecular complexity index is 992. The van der Waals surface area contributed by atoms with Crippen LogP contribution < -0.4 is 10.1 Å². The zero-order valence-electron chi connectivity index (χ0n) is 19.1. The molecule has 1 aromatic heterocycles. The molecule has 8 nitrogen and oxygen atoms in total. The topological polar surface area (TPSA) is 87.7 Å². The number of anilines is 1. The van der Waals surface area contributed by atoms with E-state index in [0.29, 0.717) is 31.8 Å². The van der Waals surface area contributed by atoms with Crippen molar-refractivity contribution in [2.24, 2.45) is 0 Å². The SMILES string of the molecule is CNc1nc([C@@H]2CCCCN2C(C)=O)nc2c1CN(C(=O)Cc1cccc(OC)c1)CC2. The first-order chi connectivity index (χ1) is 15.5. The lowest BCUT2D eigenvalue weighted by Crippen LogP contribution is -2.40. The molecular weight excluding hydrogens is 406 g/mol. The highest BCUT2D eigenvalue weighted by Crippen LogP contribution is 2.32. The average molecular weight is 438 g/mol. The fraction of sp³-hybridized carbons (Fsp3) is 0.500. The van der Waals surface area contributed by atoms with Crippen molar-refractivity contribution in [2.75, 3.05) is 32.6 Å². The van der Waals surface area contributed by atoms with Crippen LogP contribution in [0.4, 0.5) is 5.82 Å². The molecule has 0 aliphatic carbocycles. The Morgan fingerprint density at radius 2 is 2.06 bits per heavy atom. The molecule has 2 aliphatic rings. The number of rotatable bonds is 5. The van der Waals surface area contributed by atoms with Gasteiger partial charge in [-0.25, -0.2) is 9.97 Å². The summed E-state index contributed by atoms with van der Waals surface area (Å²) < 4.78 is 5.27. The number of carbonyl (C=O) groups excluding carboxylic acids is 2. The van der Waals surface area contributed by atoms with Gasteiger partial charge in [-0.1, -0.05) is 12.1 Å². The van der Waals surface area contributed by atoms with Gasteiger partial charge in [0.25, 0.3) is 0 Å². The highest BCUT2D eigenvalue weighted by Gasteiger charge is 2.31. The van der Waals surface area contributed by atoms with Crippen molar-refractivity contribution >= 4 is 17.6 Å². The molecular formula is C24H31N5O3. The third kappa shape index (κ3) is 4.54. The fourth-order valence-electron chi connectivity index (χ4n) is 4.65. The van der Waals surface area contributed by atoms with Crippen molar-refractivity contribution in [3.8, 4) is 5.75 Å². The zero-order chi connectivity index (χ0) is 22.7. The number of carbonyl (C=O) groups is 2. The fourth-order valence-corrected chi connectivity index (χ4v) is 4.65. The second kappa shape index (κ2) is 9.54. The van der Waals surface area contributed by atoms with Crippen molar-refractivity contribution in [2.45, 2.75) is 51.6 Å². The number of ether oxygens (including phenoxy) is 1. The Balaban J connectivity index is 1.54. The van der Waals surface area contributed by atoms with E-state index in [9.17, 15) is 9.59 Å². The van der Waals surface area contributed by atoms with Crippen LogP contribution in [0.5, 0.6) is 5.75 Å². The number of fused-ring (bicyclic) bond motifs is 1. The van der Waals surface area contributed by atoms with Crippen LogP contribution >= 0.6 is 0 Å². The molecule has 1 fully saturated rings. The van der Waals surface area contributed by atoms with E-state index >= 15 is 0 Å². The van der Waals surface area contributed by atoms with E-state index in [1.54, 1.807) is 14.0 Å². The summed E-state index contributed by atoms with van der Waals surface area (Å²) in [6.07, 6.45) is 3.97. The third-order valence-electron chi connectivity index (χ3n) is 6.36. The Hall–Kier alpha value is -3.16. The van der Waals surface area contributed by atoms with E-state index in [-0.39, 0.29) is 17.9 Å². The van der Waals surface area contributed by atoms with Gasteiger partial charge in [0, 0.05) is 39.0 Å². The summed E-state index contributed by atoms with van der Waals surface area (Å²) in [7, 11) is 3.46. The van der Waals surface area contributed by atoms with Gasteiger partial charge < -0.3 is 19.9 Å². The number of aromatic nitrogens is 2. The molecule has 1 atom stereocenters. The predicted molar refractivity (Wildman–Crippen MR) is 121 cm³/mol. The van der Waals surface area contributed by atoms with Crippen molar-refractivity contribution in [1.29, 1.82) is 0 Å². The lowest BCUT2D eigenvalue weighted by atomic mass is 9.99. The number of benzene rings is 1. The van der Waals surface area contributed by atoms with Gasteiger partial charge >= 0.3 is 0 Å². The highest BCUT2D eigenvalue weighted by molar-refractivity contribution is 5.79. The molecule has 2 aliphatic heterocycles. The smallest absolute Gasteiger partial charge is 0.227 e. The average Bonchev–Trinajstić information content (AvgIpc) is 2.83. The second-order valence-electron chi connectivity index (χ2n) is 8.42. The van der Waals surface area contributed by atoms with E-state index < -0.39 is 0 Å². The molecule has 2 aromatic rings. The maximum absolute atomic E-state index is 13.0. The normalized spacial score (nSPS) is 18.2. The first kappa shape index (κ1) is 22.0. The number of piperidine rings is 1. The van der Waals surface area contributed by atoms with E-state index in [2.05, 4.69) is 5.32 Å². The van der Waals surface area contributed by atoms with Gasteiger partial charge in [0.1, 0.15) is 11.6 Å². The van der Waals surface area contributed by atoms with Crippen LogP contribution in [0.2, 0.25) is 0 Å². The van der Waals surface area contributed by atoms with E-state index in [1.165, 1.54) is 0 Å². The number of hydrogen-bond acceptors (Lipinski definition) is 6. The molecule has 1 N–H and O–H groups in total. The minimum absolute atomic E-state index is 0.0661. The summed E-state index contributed by atoms with van der Waals surface area (Å²) in [5.74, 6) is 2.35. The Labute approximate surface area is 189 Å². The van der Waals surface area contributed by atoms with Crippen LogP contribution in [0.15, 0.2) is 24.3 Å². The molecule has 1 aromatic carbocycles. The summed E-state index contributed by atoms with van der Waals surface area (Å²) in [4.78, 5) is 38.6. The number of methoxy groups -OCH3 is 1. The second-order valence-corrected chi connectivity index (χ2v) is 8.42. The molecule has 1 saturated heterocycles. The number of hydrogen-bond donors (Lipinski definition) is 1. The minimum atomic E-state index is -0.0774. The molecule has 0 bridgehead atoms. The van der Waals surface area contributed by atoms with Crippen molar-refractivity contribution < 1.29 is 14.3 Å². The van der Waals surface area contributed by atoms with Gasteiger partial charge in [-0.2, -0.15) is 0 Å². The third-order valence-corrected chi connectivity index (χ3v) is 6.36. The molecule has 4 rings (SSSR count). The van der Waals surface area contributed by atoms with Crippen LogP contribution in [0.25, 0.3) is 0 Å². The van der Waals surface area contributed by atoms with Gasteiger partial charge in [-0.05, 0) is 37.0 Å². The molecule has 170 valence electrons. The van der Waals surface area contributed by atoms with E-state index in [1.807, 2.05) is 41.1 Å². The summed E-state index contributed by atoms with van der Waals surface area (Å²) >= 11 is 0. The first-order valence-electron chi connectivity index (χ1n) is 11.3. The number of likely N-dealkylation sites (tertiary alicyclic amines) is 1. The van der Waals surface area contributed by atoms with Crippen LogP contribution in [-0.4, -0.2) is 58.8 Å². The molecule has 32 heavy (non-hydrogen) atoms. The maximum atomic E-state index is 13.0. The van der Waals surface area contributed by atoms with E-state index in [4.69, 9.17) is 14.7 Å². The molecule has 0 radical (unpaired) electrons. The molecule has 0 unspecified atom stereocenters. The van der Waals surface area contributed by atoms with Crippen molar-refractivity contribution in [1.82, 2.24) is 19.8 Å². The maximum Gasteiger partial charge on any atom is 0.227 e. The molecule has 3 heterocycles. The number of nitrogens with zero attached hydrogens (tertiary/aromatic N) is 4. The van der Waals surface area contributed by atoms with Gasteiger partial charge in [-0.3, -0.25) is 9.59 Å². The molecule has 0 saturated carbocycles. The largest absolute Gasteiger partial charge is 0.497 e. The van der Waals surface area contributed by atoms with Crippen LogP contribution in [0, 0.1) is 0 Å². The highest BCUT2D eigenvalue weighted by atomic mass is 16.5. The van der Waals surface area contributed by atoms with Gasteiger partial charge in [0.05, 0.1) is 31.8 Å². The number of amides is 2. The quantitative estimate of drug-likeness (QED) is 0.774. The molecule has 8 heteroatoms. The zero-order valence-corrected chi connectivity index (χ0v) is 19.1. The minimum Gasteiger partial charge on any atom is -0.497 e. The lowest BCUT2D eigenvalue weighted by molar-refractivity contribution is -0.133. The molecule has 0 spiro atoms. The van der Waals surface area contributed by atoms with Gasteiger partial charge in [0.15, 0.2) is 5.82 Å². The van der Waals surface area contributed by atoms with Crippen molar-refractivity contribution in [3.05, 3.63) is 46.9 Å². The van der Waals surface area contributed by atoms with Gasteiger partial charge in [-0.15, -0.1) is 0 Å². The van der Waals surface area contributed by atoms with Crippen LogP contribution in [-0.2, 0) is 29.0 Å². The Morgan fingerprint density at radius 1 is 1.22 bits per heavy atom. The number of nitrogens with one attached hydrogen (secondary N) is 1. The van der Waals surface area contributed by atoms with Crippen LogP contribution in [0.1, 0.15) is 54.9 Å². The summed E-state index contributed by atoms with van der Waals surface area (Å²) in [6.45, 7) is 3.47. The molecule has 2 amide bonds. The lowest BCUT2D eigenvalue weighted by Gasteiger charge is -2.35. The van der Waals surface area contributed by atoms with E-state index in [0.717, 1.165) is 54.2 Å². The summed E-state index contributed by atoms with van der Waals surface area (Å²) in [5.41, 5.74) is 2.87. The van der Waals surface area contributed by atoms with Crippen molar-refractivity contribution in [3.63, 3.8) is 0 Å². The van der Waals surface area contributed by atoms with Crippen LogP contribution in [0.3, 0.4) is 0 Å². The predicted octanol–water partition coefficient (Wildman–Crippen LogP) is 2.73. The first-order valence-corrected chi connectivity index (χ1v) is 11.3. The van der Waals surface area contributed by atoms with Gasteiger partial charge in [0.2, 0.25) is 11.8 Å². The monoisotopic (exact) mass is 437 g/mol. The summed E-state index contributed by atoms with van der Waals surface area (Å²) in [5, 5.41) is 3.19.